The quantitative estimate of drug-likeness (QED) is 0.759. The predicted octanol–water partition coefficient (Wildman–Crippen LogP) is 3.67. The Morgan fingerprint density at radius 2 is 2.16 bits per heavy atom. The van der Waals surface area contributed by atoms with Gasteiger partial charge in [0.05, 0.1) is 17.2 Å². The molecule has 0 fully saturated rings. The van der Waals surface area contributed by atoms with E-state index in [1.807, 2.05) is 18.2 Å². The number of hydrogen-bond donors (Lipinski definition) is 1. The first-order chi connectivity index (χ1) is 9.24. The molecule has 1 N–H and O–H groups in total. The summed E-state index contributed by atoms with van der Waals surface area (Å²) in [6.45, 7) is 2.12. The Labute approximate surface area is 110 Å². The molecule has 2 aromatic heterocycles. The van der Waals surface area contributed by atoms with Crippen LogP contribution in [0.2, 0.25) is 0 Å². The van der Waals surface area contributed by atoms with Gasteiger partial charge in [-0.15, -0.1) is 0 Å². The summed E-state index contributed by atoms with van der Waals surface area (Å²) in [5.74, 6) is 0. The number of carbonyl (C=O) groups is 1. The smallest absolute Gasteiger partial charge is 0.416 e. The van der Waals surface area contributed by atoms with Crippen molar-refractivity contribution >= 4 is 27.9 Å². The molecular weight excluding hydrogens is 240 g/mol. The molecule has 0 amide bonds. The molecule has 0 aliphatic rings. The van der Waals surface area contributed by atoms with Crippen molar-refractivity contribution < 1.29 is 9.90 Å². The van der Waals surface area contributed by atoms with Crippen LogP contribution in [0.25, 0.3) is 21.8 Å². The molecule has 0 saturated heterocycles. The van der Waals surface area contributed by atoms with Gasteiger partial charge in [0, 0.05) is 17.0 Å². The second-order valence-electron chi connectivity index (χ2n) is 4.57. The molecule has 0 atom stereocenters. The lowest BCUT2D eigenvalue weighted by atomic mass is 10.0. The van der Waals surface area contributed by atoms with E-state index >= 15 is 0 Å². The molecule has 3 rings (SSSR count). The molecule has 0 bridgehead atoms. The van der Waals surface area contributed by atoms with Crippen molar-refractivity contribution in [1.29, 1.82) is 0 Å². The molecule has 19 heavy (non-hydrogen) atoms. The van der Waals surface area contributed by atoms with Crippen LogP contribution in [0.4, 0.5) is 4.79 Å². The normalized spacial score (nSPS) is 11.2. The Kier molecular flexibility index (Phi) is 2.71. The zero-order valence-electron chi connectivity index (χ0n) is 10.6. The van der Waals surface area contributed by atoms with Crippen molar-refractivity contribution in [1.82, 2.24) is 9.55 Å². The van der Waals surface area contributed by atoms with E-state index in [2.05, 4.69) is 18.0 Å². The molecule has 0 saturated carbocycles. The van der Waals surface area contributed by atoms with Gasteiger partial charge < -0.3 is 5.11 Å². The molecule has 1 aromatic carbocycles. The summed E-state index contributed by atoms with van der Waals surface area (Å²) in [7, 11) is 0. The Morgan fingerprint density at radius 1 is 1.32 bits per heavy atom. The van der Waals surface area contributed by atoms with Crippen LogP contribution < -0.4 is 0 Å². The largest absolute Gasteiger partial charge is 0.464 e. The number of carboxylic acid groups (broad SMARTS) is 1. The predicted molar refractivity (Wildman–Crippen MR) is 74.7 cm³/mol. The number of fused-ring (bicyclic) bond motifs is 3. The third-order valence-electron chi connectivity index (χ3n) is 3.39. The van der Waals surface area contributed by atoms with E-state index in [-0.39, 0.29) is 0 Å². The first-order valence-electron chi connectivity index (χ1n) is 6.33. The number of hydrogen-bond acceptors (Lipinski definition) is 2. The molecule has 0 aliphatic carbocycles. The van der Waals surface area contributed by atoms with Crippen LogP contribution in [0, 0.1) is 0 Å². The summed E-state index contributed by atoms with van der Waals surface area (Å²) in [6.07, 6.45) is 4.32. The number of nitrogens with zero attached hydrogens (tertiary/aromatic N) is 2. The maximum Gasteiger partial charge on any atom is 0.416 e. The van der Waals surface area contributed by atoms with E-state index in [1.54, 1.807) is 12.4 Å². The van der Waals surface area contributed by atoms with E-state index in [4.69, 9.17) is 0 Å². The van der Waals surface area contributed by atoms with Crippen LogP contribution in [-0.2, 0) is 6.42 Å². The van der Waals surface area contributed by atoms with E-state index in [9.17, 15) is 9.90 Å². The van der Waals surface area contributed by atoms with Gasteiger partial charge in [-0.25, -0.2) is 9.36 Å². The first kappa shape index (κ1) is 11.7. The van der Waals surface area contributed by atoms with Crippen molar-refractivity contribution in [3.63, 3.8) is 0 Å². The van der Waals surface area contributed by atoms with Gasteiger partial charge in [0.2, 0.25) is 0 Å². The van der Waals surface area contributed by atoms with E-state index in [1.165, 1.54) is 10.1 Å². The van der Waals surface area contributed by atoms with Crippen molar-refractivity contribution in [3.8, 4) is 0 Å². The Hall–Kier alpha value is -2.36. The van der Waals surface area contributed by atoms with Gasteiger partial charge >= 0.3 is 6.09 Å². The molecule has 3 aromatic rings. The third-order valence-corrected chi connectivity index (χ3v) is 3.39. The van der Waals surface area contributed by atoms with Crippen molar-refractivity contribution in [2.45, 2.75) is 19.8 Å². The highest BCUT2D eigenvalue weighted by atomic mass is 16.4. The zero-order chi connectivity index (χ0) is 13.4. The van der Waals surface area contributed by atoms with Crippen LogP contribution in [-0.4, -0.2) is 20.8 Å². The summed E-state index contributed by atoms with van der Waals surface area (Å²) < 4.78 is 1.32. The summed E-state index contributed by atoms with van der Waals surface area (Å²) in [4.78, 5) is 15.5. The van der Waals surface area contributed by atoms with Gasteiger partial charge in [0.25, 0.3) is 0 Å². The van der Waals surface area contributed by atoms with Crippen LogP contribution in [0.1, 0.15) is 18.9 Å². The van der Waals surface area contributed by atoms with Crippen LogP contribution in [0.3, 0.4) is 0 Å². The summed E-state index contributed by atoms with van der Waals surface area (Å²) in [5.41, 5.74) is 2.58. The van der Waals surface area contributed by atoms with Gasteiger partial charge in [0.1, 0.15) is 0 Å². The number of pyridine rings is 1. The molecule has 2 heterocycles. The highest BCUT2D eigenvalue weighted by molar-refractivity contribution is 6.13. The van der Waals surface area contributed by atoms with Crippen molar-refractivity contribution in [3.05, 3.63) is 42.2 Å². The fourth-order valence-electron chi connectivity index (χ4n) is 2.67. The minimum absolute atomic E-state index is 0.647. The van der Waals surface area contributed by atoms with Crippen LogP contribution in [0.15, 0.2) is 36.7 Å². The highest BCUT2D eigenvalue weighted by Crippen LogP contribution is 2.31. The fraction of sp³-hybridized carbons (Fsp3) is 0.200. The third kappa shape index (κ3) is 1.68. The Morgan fingerprint density at radius 3 is 2.89 bits per heavy atom. The van der Waals surface area contributed by atoms with Crippen molar-refractivity contribution in [2.24, 2.45) is 0 Å². The lowest BCUT2D eigenvalue weighted by Gasteiger charge is -2.02. The highest BCUT2D eigenvalue weighted by Gasteiger charge is 2.16. The van der Waals surface area contributed by atoms with E-state index < -0.39 is 6.09 Å². The maximum absolute atomic E-state index is 11.5. The van der Waals surface area contributed by atoms with Crippen LogP contribution >= 0.6 is 0 Å². The number of aromatic nitrogens is 2. The van der Waals surface area contributed by atoms with Gasteiger partial charge in [0.15, 0.2) is 0 Å². The second-order valence-corrected chi connectivity index (χ2v) is 4.57. The minimum Gasteiger partial charge on any atom is -0.464 e. The van der Waals surface area contributed by atoms with E-state index in [0.29, 0.717) is 5.52 Å². The average Bonchev–Trinajstić information content (AvgIpc) is 2.74. The topological polar surface area (TPSA) is 55.1 Å². The average molecular weight is 254 g/mol. The molecule has 4 heteroatoms. The SMILES string of the molecule is CCCc1cccc2c1c1ccncc1n2C(=O)O. The fourth-order valence-corrected chi connectivity index (χ4v) is 2.67. The van der Waals surface area contributed by atoms with E-state index in [0.717, 1.165) is 29.1 Å². The van der Waals surface area contributed by atoms with Gasteiger partial charge in [-0.05, 0) is 24.1 Å². The standard InChI is InChI=1S/C15H14N2O2/c1-2-4-10-5-3-6-12-14(10)11-7-8-16-9-13(11)17(12)15(18)19/h3,5-9H,2,4H2,1H3,(H,18,19). The molecular formula is C15H14N2O2. The molecule has 96 valence electrons. The summed E-state index contributed by atoms with van der Waals surface area (Å²) >= 11 is 0. The van der Waals surface area contributed by atoms with Gasteiger partial charge in [-0.3, -0.25) is 4.98 Å². The summed E-state index contributed by atoms with van der Waals surface area (Å²) in [5, 5.41) is 11.4. The lowest BCUT2D eigenvalue weighted by Crippen LogP contribution is -2.07. The molecule has 0 aliphatic heterocycles. The molecule has 0 unspecified atom stereocenters. The van der Waals surface area contributed by atoms with Gasteiger partial charge in [-0.1, -0.05) is 25.5 Å². The van der Waals surface area contributed by atoms with Gasteiger partial charge in [-0.2, -0.15) is 0 Å². The number of aryl methyl sites for hydroxylation is 1. The number of rotatable bonds is 2. The minimum atomic E-state index is -0.971. The Bertz CT molecular complexity index is 774. The maximum atomic E-state index is 11.5. The first-order valence-corrected chi connectivity index (χ1v) is 6.33. The summed E-state index contributed by atoms with van der Waals surface area (Å²) in [6, 6.07) is 7.72. The lowest BCUT2D eigenvalue weighted by molar-refractivity contribution is 0.198. The Balaban J connectivity index is 2.52. The molecule has 0 spiro atoms. The molecule has 0 radical (unpaired) electrons. The molecule has 4 nitrogen and oxygen atoms in total. The van der Waals surface area contributed by atoms with Crippen LogP contribution in [0.5, 0.6) is 0 Å². The second kappa shape index (κ2) is 4.39. The zero-order valence-corrected chi connectivity index (χ0v) is 10.6. The monoisotopic (exact) mass is 254 g/mol. The van der Waals surface area contributed by atoms with Crippen molar-refractivity contribution in [2.75, 3.05) is 0 Å². The number of benzene rings is 1.